The molecule has 1 aromatic rings. The van der Waals surface area contributed by atoms with E-state index in [1.807, 2.05) is 13.8 Å². The molecule has 1 rings (SSSR count). The van der Waals surface area contributed by atoms with Gasteiger partial charge in [0.05, 0.1) is 11.3 Å². The third-order valence-corrected chi connectivity index (χ3v) is 1.70. The van der Waals surface area contributed by atoms with Crippen molar-refractivity contribution in [2.75, 3.05) is 0 Å². The fourth-order valence-electron chi connectivity index (χ4n) is 1.08. The molecule has 1 aromatic heterocycles. The summed E-state index contributed by atoms with van der Waals surface area (Å²) in [6.07, 6.45) is 2.38. The Morgan fingerprint density at radius 2 is 2.25 bits per heavy atom. The van der Waals surface area contributed by atoms with Crippen LogP contribution in [0.15, 0.2) is 6.20 Å². The van der Waals surface area contributed by atoms with E-state index < -0.39 is 0 Å². The molecule has 0 aliphatic heterocycles. The fraction of sp³-hybridized carbons (Fsp3) is 0.444. The number of carbonyl (C=O) groups excluding carboxylic acids is 1. The Labute approximate surface area is 71.9 Å². The second-order valence-electron chi connectivity index (χ2n) is 2.69. The summed E-state index contributed by atoms with van der Waals surface area (Å²) in [5, 5.41) is 0. The Bertz CT molecular complexity index is 307. The van der Waals surface area contributed by atoms with Crippen LogP contribution in [0.5, 0.6) is 0 Å². The normalized spacial score (nSPS) is 9.92. The Balaban J connectivity index is 3.20. The summed E-state index contributed by atoms with van der Waals surface area (Å²) < 4.78 is 0. The van der Waals surface area contributed by atoms with Gasteiger partial charge in [0.2, 0.25) is 0 Å². The highest BCUT2D eigenvalue weighted by Gasteiger charge is 2.07. The quantitative estimate of drug-likeness (QED) is 0.623. The number of hydrogen-bond acceptors (Lipinski definition) is 3. The van der Waals surface area contributed by atoms with Crippen molar-refractivity contribution in [3.8, 4) is 0 Å². The third kappa shape index (κ3) is 1.67. The maximum Gasteiger partial charge on any atom is 0.163 e. The number of Topliss-reactive ketones (excluding diaryl/α,β-unsaturated/α-hetero) is 1. The first kappa shape index (κ1) is 8.84. The van der Waals surface area contributed by atoms with Crippen LogP contribution >= 0.6 is 0 Å². The molecule has 0 aromatic carbocycles. The molecule has 12 heavy (non-hydrogen) atoms. The van der Waals surface area contributed by atoms with Crippen LogP contribution in [-0.4, -0.2) is 15.8 Å². The number of nitrogens with zero attached hydrogens (tertiary/aromatic N) is 2. The van der Waals surface area contributed by atoms with Crippen LogP contribution in [0.4, 0.5) is 0 Å². The summed E-state index contributed by atoms with van der Waals surface area (Å²) in [6, 6.07) is 0. The zero-order chi connectivity index (χ0) is 9.14. The van der Waals surface area contributed by atoms with Gasteiger partial charge in [-0.15, -0.1) is 0 Å². The lowest BCUT2D eigenvalue weighted by Crippen LogP contribution is -2.04. The molecule has 3 heteroatoms. The van der Waals surface area contributed by atoms with Crippen LogP contribution in [-0.2, 0) is 6.42 Å². The van der Waals surface area contributed by atoms with E-state index in [1.165, 1.54) is 6.92 Å². The van der Waals surface area contributed by atoms with Crippen LogP contribution in [0.2, 0.25) is 0 Å². The molecule has 0 aliphatic carbocycles. The summed E-state index contributed by atoms with van der Waals surface area (Å²) in [6.45, 7) is 5.34. The number of carbonyl (C=O) groups is 1. The number of hydrogen-bond donors (Lipinski definition) is 0. The van der Waals surface area contributed by atoms with Gasteiger partial charge >= 0.3 is 0 Å². The molecule has 0 saturated carbocycles. The third-order valence-electron chi connectivity index (χ3n) is 1.70. The first-order valence-corrected chi connectivity index (χ1v) is 3.98. The predicted molar refractivity (Wildman–Crippen MR) is 46.2 cm³/mol. The highest BCUT2D eigenvalue weighted by atomic mass is 16.1. The second-order valence-corrected chi connectivity index (χ2v) is 2.69. The average Bonchev–Trinajstić information content (AvgIpc) is 2.03. The molecule has 0 bridgehead atoms. The predicted octanol–water partition coefficient (Wildman–Crippen LogP) is 1.55. The largest absolute Gasteiger partial charge is 0.294 e. The SMILES string of the molecule is CCc1nc(C)ncc1C(C)=O. The Morgan fingerprint density at radius 1 is 1.58 bits per heavy atom. The lowest BCUT2D eigenvalue weighted by atomic mass is 10.1. The van der Waals surface area contributed by atoms with E-state index in [9.17, 15) is 4.79 Å². The van der Waals surface area contributed by atoms with E-state index in [4.69, 9.17) is 0 Å². The standard InChI is InChI=1S/C9H12N2O/c1-4-9-8(6(2)12)5-10-7(3)11-9/h5H,4H2,1-3H3. The molecule has 3 nitrogen and oxygen atoms in total. The molecule has 0 aliphatic rings. The van der Waals surface area contributed by atoms with E-state index in [0.717, 1.165) is 17.9 Å². The van der Waals surface area contributed by atoms with Gasteiger partial charge in [-0.25, -0.2) is 9.97 Å². The smallest absolute Gasteiger partial charge is 0.163 e. The summed E-state index contributed by atoms with van der Waals surface area (Å²) >= 11 is 0. The molecule has 0 atom stereocenters. The monoisotopic (exact) mass is 164 g/mol. The van der Waals surface area contributed by atoms with Crippen LogP contribution in [0, 0.1) is 6.92 Å². The van der Waals surface area contributed by atoms with Gasteiger partial charge in [0, 0.05) is 6.20 Å². The minimum Gasteiger partial charge on any atom is -0.294 e. The summed E-state index contributed by atoms with van der Waals surface area (Å²) in [4.78, 5) is 19.2. The first-order valence-electron chi connectivity index (χ1n) is 3.98. The second kappa shape index (κ2) is 3.43. The summed E-state index contributed by atoms with van der Waals surface area (Å²) in [5.74, 6) is 0.753. The van der Waals surface area contributed by atoms with Crippen molar-refractivity contribution < 1.29 is 4.79 Å². The molecular weight excluding hydrogens is 152 g/mol. The van der Waals surface area contributed by atoms with Crippen molar-refractivity contribution in [2.24, 2.45) is 0 Å². The molecule has 0 amide bonds. The van der Waals surface area contributed by atoms with Gasteiger partial charge in [-0.2, -0.15) is 0 Å². The minimum atomic E-state index is 0.0341. The molecule has 64 valence electrons. The summed E-state index contributed by atoms with van der Waals surface area (Å²) in [7, 11) is 0. The van der Waals surface area contributed by atoms with Gasteiger partial charge in [0.15, 0.2) is 5.78 Å². The van der Waals surface area contributed by atoms with E-state index >= 15 is 0 Å². The topological polar surface area (TPSA) is 42.9 Å². The number of ketones is 1. The molecule has 0 fully saturated rings. The molecule has 1 heterocycles. The molecule has 0 radical (unpaired) electrons. The van der Waals surface area contributed by atoms with Crippen molar-refractivity contribution in [3.05, 3.63) is 23.3 Å². The molecular formula is C9H12N2O. The Hall–Kier alpha value is -1.25. The van der Waals surface area contributed by atoms with Crippen molar-refractivity contribution >= 4 is 5.78 Å². The Kier molecular flexibility index (Phi) is 2.53. The molecule has 0 unspecified atom stereocenters. The van der Waals surface area contributed by atoms with Gasteiger partial charge in [0.25, 0.3) is 0 Å². The average molecular weight is 164 g/mol. The van der Waals surface area contributed by atoms with Gasteiger partial charge in [-0.1, -0.05) is 6.92 Å². The lowest BCUT2D eigenvalue weighted by molar-refractivity contribution is 0.101. The fourth-order valence-corrected chi connectivity index (χ4v) is 1.08. The van der Waals surface area contributed by atoms with Gasteiger partial charge in [0.1, 0.15) is 5.82 Å². The van der Waals surface area contributed by atoms with Crippen molar-refractivity contribution in [3.63, 3.8) is 0 Å². The van der Waals surface area contributed by atoms with E-state index in [-0.39, 0.29) is 5.78 Å². The zero-order valence-electron chi connectivity index (χ0n) is 7.59. The van der Waals surface area contributed by atoms with Crippen molar-refractivity contribution in [2.45, 2.75) is 27.2 Å². The maximum absolute atomic E-state index is 11.1. The molecule has 0 N–H and O–H groups in total. The lowest BCUT2D eigenvalue weighted by Gasteiger charge is -2.02. The highest BCUT2D eigenvalue weighted by Crippen LogP contribution is 2.06. The highest BCUT2D eigenvalue weighted by molar-refractivity contribution is 5.94. The van der Waals surface area contributed by atoms with Crippen molar-refractivity contribution in [1.29, 1.82) is 0 Å². The summed E-state index contributed by atoms with van der Waals surface area (Å²) in [5.41, 5.74) is 1.48. The van der Waals surface area contributed by atoms with Crippen molar-refractivity contribution in [1.82, 2.24) is 9.97 Å². The molecule has 0 spiro atoms. The van der Waals surface area contributed by atoms with Gasteiger partial charge in [-0.3, -0.25) is 4.79 Å². The van der Waals surface area contributed by atoms with E-state index in [2.05, 4.69) is 9.97 Å². The van der Waals surface area contributed by atoms with Gasteiger partial charge < -0.3 is 0 Å². The molecule has 0 saturated heterocycles. The van der Waals surface area contributed by atoms with Crippen LogP contribution < -0.4 is 0 Å². The maximum atomic E-state index is 11.1. The number of aryl methyl sites for hydroxylation is 2. The van der Waals surface area contributed by atoms with E-state index in [0.29, 0.717) is 5.56 Å². The van der Waals surface area contributed by atoms with Gasteiger partial charge in [-0.05, 0) is 20.3 Å². The number of rotatable bonds is 2. The zero-order valence-corrected chi connectivity index (χ0v) is 7.59. The van der Waals surface area contributed by atoms with Crippen LogP contribution in [0.25, 0.3) is 0 Å². The van der Waals surface area contributed by atoms with Crippen LogP contribution in [0.1, 0.15) is 35.7 Å². The Morgan fingerprint density at radius 3 is 2.75 bits per heavy atom. The first-order chi connectivity index (χ1) is 5.65. The van der Waals surface area contributed by atoms with Crippen LogP contribution in [0.3, 0.4) is 0 Å². The number of aromatic nitrogens is 2. The van der Waals surface area contributed by atoms with E-state index in [1.54, 1.807) is 6.20 Å². The minimum absolute atomic E-state index is 0.0341.